The van der Waals surface area contributed by atoms with Gasteiger partial charge in [0.15, 0.2) is 0 Å². The van der Waals surface area contributed by atoms with Crippen molar-refractivity contribution in [3.05, 3.63) is 0 Å². The Morgan fingerprint density at radius 1 is 1.20 bits per heavy atom. The molecule has 4 nitrogen and oxygen atoms in total. The molecule has 1 saturated heterocycles. The molecular formula is C16H26N2O2. The van der Waals surface area contributed by atoms with Crippen LogP contribution in [0.4, 0.5) is 0 Å². The van der Waals surface area contributed by atoms with Crippen molar-refractivity contribution in [2.75, 3.05) is 20.1 Å². The van der Waals surface area contributed by atoms with E-state index >= 15 is 0 Å². The zero-order valence-corrected chi connectivity index (χ0v) is 12.7. The highest BCUT2D eigenvalue weighted by Gasteiger charge is 2.46. The molecule has 4 aliphatic rings. The lowest BCUT2D eigenvalue weighted by Crippen LogP contribution is -2.45. The maximum absolute atomic E-state index is 12.8. The third-order valence-electron chi connectivity index (χ3n) is 5.93. The number of amides is 2. The van der Waals surface area contributed by atoms with Crippen LogP contribution in [0.15, 0.2) is 0 Å². The number of nitrogens with one attached hydrogen (secondary N) is 1. The fourth-order valence-corrected chi connectivity index (χ4v) is 4.55. The molecule has 0 radical (unpaired) electrons. The van der Waals surface area contributed by atoms with Crippen LogP contribution in [-0.4, -0.2) is 36.9 Å². The molecule has 2 bridgehead atoms. The normalized spacial score (nSPS) is 39.9. The molecule has 4 heteroatoms. The number of rotatable bonds is 2. The van der Waals surface area contributed by atoms with Crippen LogP contribution in [0.1, 0.15) is 45.4 Å². The van der Waals surface area contributed by atoms with Crippen molar-refractivity contribution in [1.29, 1.82) is 0 Å². The fourth-order valence-electron chi connectivity index (χ4n) is 4.55. The van der Waals surface area contributed by atoms with E-state index in [1.54, 1.807) is 7.05 Å². The second-order valence-electron chi connectivity index (χ2n) is 7.27. The molecule has 3 saturated carbocycles. The van der Waals surface area contributed by atoms with Crippen LogP contribution in [0.2, 0.25) is 0 Å². The highest BCUT2D eigenvalue weighted by molar-refractivity contribution is 5.85. The second kappa shape index (κ2) is 5.05. The predicted molar refractivity (Wildman–Crippen MR) is 76.9 cm³/mol. The topological polar surface area (TPSA) is 49.4 Å². The first kappa shape index (κ1) is 13.9. The van der Waals surface area contributed by atoms with Crippen LogP contribution in [-0.2, 0) is 9.59 Å². The Morgan fingerprint density at radius 3 is 2.45 bits per heavy atom. The summed E-state index contributed by atoms with van der Waals surface area (Å²) in [6.45, 7) is 3.32. The van der Waals surface area contributed by atoms with E-state index in [1.807, 2.05) is 11.8 Å². The van der Waals surface area contributed by atoms with E-state index < -0.39 is 5.41 Å². The van der Waals surface area contributed by atoms with E-state index in [2.05, 4.69) is 5.32 Å². The van der Waals surface area contributed by atoms with Crippen molar-refractivity contribution in [2.24, 2.45) is 23.2 Å². The van der Waals surface area contributed by atoms with Gasteiger partial charge in [-0.25, -0.2) is 0 Å². The first-order valence-corrected chi connectivity index (χ1v) is 8.04. The van der Waals surface area contributed by atoms with Gasteiger partial charge in [-0.3, -0.25) is 9.59 Å². The SMILES string of the molecule is CNC(=O)C1(C)CCN(C(=O)C2CC3CCC2CC3)C1. The summed E-state index contributed by atoms with van der Waals surface area (Å²) in [4.78, 5) is 26.7. The van der Waals surface area contributed by atoms with Gasteiger partial charge in [-0.1, -0.05) is 12.8 Å². The Kier molecular flexibility index (Phi) is 3.51. The van der Waals surface area contributed by atoms with Crippen LogP contribution in [0.25, 0.3) is 0 Å². The highest BCUT2D eigenvalue weighted by atomic mass is 16.2. The second-order valence-corrected chi connectivity index (χ2v) is 7.27. The molecule has 1 N–H and O–H groups in total. The summed E-state index contributed by atoms with van der Waals surface area (Å²) < 4.78 is 0. The summed E-state index contributed by atoms with van der Waals surface area (Å²) in [5.74, 6) is 2.03. The van der Waals surface area contributed by atoms with Gasteiger partial charge in [0.05, 0.1) is 5.41 Å². The van der Waals surface area contributed by atoms with Gasteiger partial charge in [-0.2, -0.15) is 0 Å². The molecule has 4 rings (SSSR count). The van der Waals surface area contributed by atoms with Gasteiger partial charge in [-0.05, 0) is 44.4 Å². The van der Waals surface area contributed by atoms with Gasteiger partial charge in [0.2, 0.25) is 11.8 Å². The standard InChI is InChI=1S/C16H26N2O2/c1-16(15(20)17-2)7-8-18(10-16)14(19)13-9-11-3-5-12(13)6-4-11/h11-13H,3-10H2,1-2H3,(H,17,20). The summed E-state index contributed by atoms with van der Waals surface area (Å²) in [6, 6.07) is 0. The molecule has 2 atom stereocenters. The number of carbonyl (C=O) groups excluding carboxylic acids is 2. The molecule has 0 aromatic heterocycles. The first-order valence-electron chi connectivity index (χ1n) is 8.04. The molecule has 0 spiro atoms. The Morgan fingerprint density at radius 2 is 1.90 bits per heavy atom. The molecule has 0 aromatic rings. The summed E-state index contributed by atoms with van der Waals surface area (Å²) >= 11 is 0. The summed E-state index contributed by atoms with van der Waals surface area (Å²) in [6.07, 6.45) is 7.01. The monoisotopic (exact) mass is 278 g/mol. The van der Waals surface area contributed by atoms with Crippen molar-refractivity contribution >= 4 is 11.8 Å². The molecule has 2 unspecified atom stereocenters. The van der Waals surface area contributed by atoms with E-state index in [1.165, 1.54) is 25.7 Å². The van der Waals surface area contributed by atoms with Crippen molar-refractivity contribution in [1.82, 2.24) is 10.2 Å². The molecular weight excluding hydrogens is 252 g/mol. The maximum Gasteiger partial charge on any atom is 0.227 e. The summed E-state index contributed by atoms with van der Waals surface area (Å²) in [7, 11) is 1.68. The molecule has 1 heterocycles. The third-order valence-corrected chi connectivity index (χ3v) is 5.93. The highest BCUT2D eigenvalue weighted by Crippen LogP contribution is 2.46. The molecule has 20 heavy (non-hydrogen) atoms. The molecule has 4 fully saturated rings. The van der Waals surface area contributed by atoms with Crippen molar-refractivity contribution in [3.8, 4) is 0 Å². The van der Waals surface area contributed by atoms with E-state index in [0.717, 1.165) is 25.3 Å². The fraction of sp³-hybridized carbons (Fsp3) is 0.875. The van der Waals surface area contributed by atoms with Crippen molar-refractivity contribution in [3.63, 3.8) is 0 Å². The van der Waals surface area contributed by atoms with Crippen molar-refractivity contribution < 1.29 is 9.59 Å². The minimum absolute atomic E-state index is 0.0676. The maximum atomic E-state index is 12.8. The lowest BCUT2D eigenvalue weighted by atomic mass is 9.64. The quantitative estimate of drug-likeness (QED) is 0.837. The number of hydrogen-bond acceptors (Lipinski definition) is 2. The Labute approximate surface area is 121 Å². The van der Waals surface area contributed by atoms with Gasteiger partial charge in [-0.15, -0.1) is 0 Å². The van der Waals surface area contributed by atoms with Crippen LogP contribution < -0.4 is 5.32 Å². The average Bonchev–Trinajstić information content (AvgIpc) is 2.90. The van der Waals surface area contributed by atoms with Crippen LogP contribution >= 0.6 is 0 Å². The van der Waals surface area contributed by atoms with E-state index in [4.69, 9.17) is 0 Å². The van der Waals surface area contributed by atoms with Crippen molar-refractivity contribution in [2.45, 2.75) is 45.4 Å². The average molecular weight is 278 g/mol. The van der Waals surface area contributed by atoms with E-state index in [0.29, 0.717) is 18.4 Å². The van der Waals surface area contributed by atoms with E-state index in [-0.39, 0.29) is 11.8 Å². The molecule has 0 aromatic carbocycles. The predicted octanol–water partition coefficient (Wildman–Crippen LogP) is 1.80. The zero-order chi connectivity index (χ0) is 14.3. The van der Waals surface area contributed by atoms with Gasteiger partial charge < -0.3 is 10.2 Å². The summed E-state index contributed by atoms with van der Waals surface area (Å²) in [5, 5.41) is 2.74. The number of fused-ring (bicyclic) bond motifs is 3. The number of nitrogens with zero attached hydrogens (tertiary/aromatic N) is 1. The molecule has 2 amide bonds. The lowest BCUT2D eigenvalue weighted by Gasteiger charge is -2.42. The van der Waals surface area contributed by atoms with Crippen LogP contribution in [0, 0.1) is 23.2 Å². The number of carbonyl (C=O) groups is 2. The Bertz CT molecular complexity index is 415. The Balaban J connectivity index is 1.66. The molecule has 112 valence electrons. The van der Waals surface area contributed by atoms with Gasteiger partial charge in [0.25, 0.3) is 0 Å². The third kappa shape index (κ3) is 2.23. The van der Waals surface area contributed by atoms with Gasteiger partial charge >= 0.3 is 0 Å². The summed E-state index contributed by atoms with van der Waals surface area (Å²) in [5.41, 5.74) is -0.391. The minimum atomic E-state index is -0.391. The lowest BCUT2D eigenvalue weighted by molar-refractivity contribution is -0.140. The van der Waals surface area contributed by atoms with E-state index in [9.17, 15) is 9.59 Å². The van der Waals surface area contributed by atoms with Gasteiger partial charge in [0, 0.05) is 26.1 Å². The van der Waals surface area contributed by atoms with Gasteiger partial charge in [0.1, 0.15) is 0 Å². The largest absolute Gasteiger partial charge is 0.359 e. The smallest absolute Gasteiger partial charge is 0.227 e. The van der Waals surface area contributed by atoms with Crippen LogP contribution in [0.3, 0.4) is 0 Å². The Hall–Kier alpha value is -1.06. The number of hydrogen-bond donors (Lipinski definition) is 1. The first-order chi connectivity index (χ1) is 9.53. The molecule has 1 aliphatic heterocycles. The van der Waals surface area contributed by atoms with Crippen LogP contribution in [0.5, 0.6) is 0 Å². The zero-order valence-electron chi connectivity index (χ0n) is 12.7. The minimum Gasteiger partial charge on any atom is -0.359 e. The molecule has 3 aliphatic carbocycles. The number of likely N-dealkylation sites (tertiary alicyclic amines) is 1.